The van der Waals surface area contributed by atoms with Gasteiger partial charge < -0.3 is 15.6 Å². The van der Waals surface area contributed by atoms with Crippen LogP contribution in [-0.4, -0.2) is 33.6 Å². The number of piperidine rings is 1. The van der Waals surface area contributed by atoms with Gasteiger partial charge in [0, 0.05) is 22.5 Å². The van der Waals surface area contributed by atoms with E-state index in [-0.39, 0.29) is 5.56 Å². The van der Waals surface area contributed by atoms with Gasteiger partial charge in [-0.3, -0.25) is 9.48 Å². The first-order valence-electron chi connectivity index (χ1n) is 9.91. The molecule has 2 aliphatic rings. The van der Waals surface area contributed by atoms with E-state index in [1.54, 1.807) is 6.20 Å². The molecule has 0 saturated carbocycles. The largest absolute Gasteiger partial charge is 0.338 e. The summed E-state index contributed by atoms with van der Waals surface area (Å²) in [5.74, 6) is 1.66. The highest BCUT2D eigenvalue weighted by Gasteiger charge is 2.37. The fraction of sp³-hybridized carbons (Fsp3) is 0.381. The molecule has 29 heavy (non-hydrogen) atoms. The van der Waals surface area contributed by atoms with E-state index in [9.17, 15) is 10.1 Å². The molecule has 2 aliphatic heterocycles. The highest BCUT2D eigenvalue weighted by Crippen LogP contribution is 2.37. The number of thioether (sulfide) groups is 1. The SMILES string of the molecule is N#CCC1(n2nc(Nc3ccc4c(c3)CCS4)c3c(=O)[nH]ccc32)CCNCC1. The molecule has 7 nitrogen and oxygen atoms in total. The third kappa shape index (κ3) is 3.11. The lowest BCUT2D eigenvalue weighted by Crippen LogP contribution is -2.44. The van der Waals surface area contributed by atoms with Gasteiger partial charge in [-0.15, -0.1) is 11.8 Å². The van der Waals surface area contributed by atoms with E-state index in [1.807, 2.05) is 28.6 Å². The summed E-state index contributed by atoms with van der Waals surface area (Å²) in [6.07, 6.45) is 4.69. The second-order valence-corrected chi connectivity index (χ2v) is 8.82. The molecule has 0 spiro atoms. The Morgan fingerprint density at radius 2 is 2.17 bits per heavy atom. The average molecular weight is 407 g/mol. The molecular formula is C21H22N6OS. The summed E-state index contributed by atoms with van der Waals surface area (Å²) in [6, 6.07) is 10.5. The van der Waals surface area contributed by atoms with Gasteiger partial charge in [0.1, 0.15) is 5.39 Å². The first-order chi connectivity index (χ1) is 14.2. The van der Waals surface area contributed by atoms with Crippen LogP contribution in [0.3, 0.4) is 0 Å². The molecule has 0 amide bonds. The summed E-state index contributed by atoms with van der Waals surface area (Å²) in [6.45, 7) is 1.66. The Hall–Kier alpha value is -2.76. The van der Waals surface area contributed by atoms with Crippen LogP contribution in [-0.2, 0) is 12.0 Å². The minimum atomic E-state index is -0.402. The predicted molar refractivity (Wildman–Crippen MR) is 115 cm³/mol. The van der Waals surface area contributed by atoms with Crippen LogP contribution in [0.4, 0.5) is 11.5 Å². The summed E-state index contributed by atoms with van der Waals surface area (Å²) in [4.78, 5) is 16.8. The number of aromatic nitrogens is 3. The lowest BCUT2D eigenvalue weighted by atomic mass is 9.85. The highest BCUT2D eigenvalue weighted by molar-refractivity contribution is 7.99. The third-order valence-corrected chi connectivity index (χ3v) is 7.07. The number of nitrogens with zero attached hydrogens (tertiary/aromatic N) is 3. The Morgan fingerprint density at radius 3 is 3.00 bits per heavy atom. The quantitative estimate of drug-likeness (QED) is 0.616. The summed E-state index contributed by atoms with van der Waals surface area (Å²) < 4.78 is 1.92. The summed E-state index contributed by atoms with van der Waals surface area (Å²) in [5.41, 5.74) is 2.46. The van der Waals surface area contributed by atoms with Gasteiger partial charge in [0.05, 0.1) is 23.5 Å². The van der Waals surface area contributed by atoms with Crippen molar-refractivity contribution in [3.05, 3.63) is 46.4 Å². The molecular weight excluding hydrogens is 384 g/mol. The molecule has 3 N–H and O–H groups in total. The zero-order chi connectivity index (χ0) is 19.8. The van der Waals surface area contributed by atoms with E-state index in [2.05, 4.69) is 33.8 Å². The minimum Gasteiger partial charge on any atom is -0.338 e. The number of aryl methyl sites for hydroxylation is 1. The van der Waals surface area contributed by atoms with Crippen molar-refractivity contribution in [3.8, 4) is 6.07 Å². The lowest BCUT2D eigenvalue weighted by molar-refractivity contribution is 0.197. The van der Waals surface area contributed by atoms with Crippen LogP contribution >= 0.6 is 11.8 Å². The Labute approximate surface area is 172 Å². The number of pyridine rings is 1. The standard InChI is InChI=1S/C21H22N6OS/c22-8-5-21(6-10-23-11-7-21)27-16-3-9-24-20(28)18(16)19(26-27)25-15-1-2-17-14(13-15)4-12-29-17/h1-3,9,13,23H,4-7,10-12H2,(H,24,28)(H,25,26). The molecule has 4 heterocycles. The van der Waals surface area contributed by atoms with Crippen molar-refractivity contribution >= 4 is 34.2 Å². The van der Waals surface area contributed by atoms with E-state index in [0.717, 1.165) is 49.3 Å². The molecule has 2 aromatic heterocycles. The number of nitrogens with one attached hydrogen (secondary N) is 3. The van der Waals surface area contributed by atoms with Gasteiger partial charge >= 0.3 is 0 Å². The van der Waals surface area contributed by atoms with Crippen LogP contribution in [0.5, 0.6) is 0 Å². The first-order valence-corrected chi connectivity index (χ1v) is 10.9. The number of fused-ring (bicyclic) bond motifs is 2. The van der Waals surface area contributed by atoms with Crippen molar-refractivity contribution in [2.75, 3.05) is 24.2 Å². The van der Waals surface area contributed by atoms with E-state index >= 15 is 0 Å². The molecule has 0 bridgehead atoms. The minimum absolute atomic E-state index is 0.172. The topological polar surface area (TPSA) is 98.5 Å². The van der Waals surface area contributed by atoms with Crippen molar-refractivity contribution in [3.63, 3.8) is 0 Å². The van der Waals surface area contributed by atoms with Crippen LogP contribution in [0.15, 0.2) is 40.2 Å². The number of benzene rings is 1. The maximum Gasteiger partial charge on any atom is 0.261 e. The zero-order valence-corrected chi connectivity index (χ0v) is 16.8. The van der Waals surface area contributed by atoms with Gasteiger partial charge in [-0.25, -0.2) is 0 Å². The number of rotatable bonds is 4. The van der Waals surface area contributed by atoms with Crippen LogP contribution in [0.25, 0.3) is 10.9 Å². The summed E-state index contributed by atoms with van der Waals surface area (Å²) in [7, 11) is 0. The second kappa shape index (κ2) is 7.25. The number of nitriles is 1. The summed E-state index contributed by atoms with van der Waals surface area (Å²) >= 11 is 1.88. The molecule has 148 valence electrons. The Balaban J connectivity index is 1.63. The van der Waals surface area contributed by atoms with E-state index in [4.69, 9.17) is 5.10 Å². The number of aromatic amines is 1. The molecule has 0 atom stereocenters. The molecule has 1 fully saturated rings. The number of anilines is 2. The normalized spacial score (nSPS) is 17.8. The van der Waals surface area contributed by atoms with E-state index in [1.165, 1.54) is 10.5 Å². The van der Waals surface area contributed by atoms with Gasteiger partial charge in [0.2, 0.25) is 0 Å². The second-order valence-electron chi connectivity index (χ2n) is 7.68. The molecule has 0 radical (unpaired) electrons. The van der Waals surface area contributed by atoms with E-state index < -0.39 is 5.54 Å². The van der Waals surface area contributed by atoms with Gasteiger partial charge in [0.25, 0.3) is 5.56 Å². The van der Waals surface area contributed by atoms with Gasteiger partial charge in [-0.1, -0.05) is 0 Å². The van der Waals surface area contributed by atoms with Crippen molar-refractivity contribution in [1.82, 2.24) is 20.1 Å². The Morgan fingerprint density at radius 1 is 1.31 bits per heavy atom. The van der Waals surface area contributed by atoms with Crippen LogP contribution in [0.1, 0.15) is 24.8 Å². The first kappa shape index (κ1) is 18.3. The molecule has 3 aromatic rings. The molecule has 5 rings (SSSR count). The molecule has 8 heteroatoms. The monoisotopic (exact) mass is 406 g/mol. The predicted octanol–water partition coefficient (Wildman–Crippen LogP) is 3.11. The fourth-order valence-electron chi connectivity index (χ4n) is 4.43. The maximum atomic E-state index is 12.7. The van der Waals surface area contributed by atoms with Crippen LogP contribution in [0.2, 0.25) is 0 Å². The number of H-pyrrole nitrogens is 1. The maximum absolute atomic E-state index is 12.7. The third-order valence-electron chi connectivity index (χ3n) is 5.95. The zero-order valence-electron chi connectivity index (χ0n) is 16.0. The fourth-order valence-corrected chi connectivity index (χ4v) is 5.48. The molecule has 0 unspecified atom stereocenters. The van der Waals surface area contributed by atoms with E-state index in [0.29, 0.717) is 17.6 Å². The molecule has 1 aromatic carbocycles. The smallest absolute Gasteiger partial charge is 0.261 e. The van der Waals surface area contributed by atoms with Gasteiger partial charge in [-0.05, 0) is 62.2 Å². The van der Waals surface area contributed by atoms with Crippen molar-refractivity contribution in [1.29, 1.82) is 5.26 Å². The molecule has 0 aliphatic carbocycles. The summed E-state index contributed by atoms with van der Waals surface area (Å²) in [5, 5.41) is 21.6. The average Bonchev–Trinajstić information content (AvgIpc) is 3.34. The number of hydrogen-bond donors (Lipinski definition) is 3. The molecule has 1 saturated heterocycles. The van der Waals surface area contributed by atoms with Gasteiger partial charge in [0.15, 0.2) is 5.82 Å². The van der Waals surface area contributed by atoms with Crippen molar-refractivity contribution in [2.24, 2.45) is 0 Å². The Kier molecular flexibility index (Phi) is 4.57. The Bertz CT molecular complexity index is 1170. The van der Waals surface area contributed by atoms with Crippen molar-refractivity contribution < 1.29 is 0 Å². The number of hydrogen-bond acceptors (Lipinski definition) is 6. The lowest BCUT2D eigenvalue weighted by Gasteiger charge is -2.36. The highest BCUT2D eigenvalue weighted by atomic mass is 32.2. The van der Waals surface area contributed by atoms with Crippen molar-refractivity contribution in [2.45, 2.75) is 36.1 Å². The van der Waals surface area contributed by atoms with Crippen LogP contribution < -0.4 is 16.2 Å². The van der Waals surface area contributed by atoms with Crippen LogP contribution in [0, 0.1) is 11.3 Å². The van der Waals surface area contributed by atoms with Gasteiger partial charge in [-0.2, -0.15) is 10.4 Å².